The van der Waals surface area contributed by atoms with Crippen LogP contribution in [0.1, 0.15) is 0 Å². The van der Waals surface area contributed by atoms with Crippen LogP contribution in [0.15, 0.2) is 167 Å². The van der Waals surface area contributed by atoms with E-state index < -0.39 is 0 Å². The van der Waals surface area contributed by atoms with E-state index in [-0.39, 0.29) is 0 Å². The zero-order chi connectivity index (χ0) is 33.5. The number of para-hydroxylation sites is 3. The molecule has 11 rings (SSSR count). The molecule has 0 N–H and O–H groups in total. The van der Waals surface area contributed by atoms with Gasteiger partial charge in [0.2, 0.25) is 0 Å². The highest BCUT2D eigenvalue weighted by atomic mass is 16.3. The van der Waals surface area contributed by atoms with Crippen molar-refractivity contribution in [2.45, 2.75) is 0 Å². The van der Waals surface area contributed by atoms with E-state index in [1.165, 1.54) is 5.39 Å². The van der Waals surface area contributed by atoms with Gasteiger partial charge in [-0.25, -0.2) is 15.0 Å². The van der Waals surface area contributed by atoms with Crippen molar-refractivity contribution >= 4 is 65.7 Å². The van der Waals surface area contributed by atoms with E-state index >= 15 is 0 Å². The second-order valence-electron chi connectivity index (χ2n) is 12.8. The summed E-state index contributed by atoms with van der Waals surface area (Å²) < 4.78 is 15.1. The summed E-state index contributed by atoms with van der Waals surface area (Å²) in [6.45, 7) is 0. The van der Waals surface area contributed by atoms with E-state index in [2.05, 4.69) is 89.5 Å². The van der Waals surface area contributed by atoms with Gasteiger partial charge >= 0.3 is 0 Å². The van der Waals surface area contributed by atoms with Crippen LogP contribution in [0.5, 0.6) is 0 Å². The number of fused-ring (bicyclic) bond motifs is 10. The number of benzene rings is 7. The molecule has 0 aliphatic heterocycles. The normalized spacial score (nSPS) is 11.9. The molecule has 0 spiro atoms. The molecule has 4 aromatic heterocycles. The first kappa shape index (κ1) is 27.9. The van der Waals surface area contributed by atoms with E-state index in [0.29, 0.717) is 17.5 Å². The van der Waals surface area contributed by atoms with Gasteiger partial charge in [-0.05, 0) is 54.6 Å². The monoisotopic (exact) mass is 654 g/mol. The van der Waals surface area contributed by atoms with Crippen molar-refractivity contribution in [2.24, 2.45) is 0 Å². The van der Waals surface area contributed by atoms with Crippen molar-refractivity contribution in [1.29, 1.82) is 0 Å². The molecule has 0 unspecified atom stereocenters. The first-order valence-corrected chi connectivity index (χ1v) is 16.9. The molecule has 6 heteroatoms. The lowest BCUT2D eigenvalue weighted by Gasteiger charge is -2.11. The topological polar surface area (TPSA) is 69.9 Å². The summed E-state index contributed by atoms with van der Waals surface area (Å²) in [5.74, 6) is 1.80. The smallest absolute Gasteiger partial charge is 0.164 e. The molecular weight excluding hydrogens is 629 g/mol. The van der Waals surface area contributed by atoms with Gasteiger partial charge in [0.1, 0.15) is 16.7 Å². The Morgan fingerprint density at radius 1 is 0.392 bits per heavy atom. The SMILES string of the molecule is c1ccc(-c2nc(-c3ccc(-n4c5ccccc5c5ccc6c7ccccc7oc6c54)cc3)nc(-c3cccc4oc5ccccc5c34)n2)cc1. The molecule has 0 radical (unpaired) electrons. The molecule has 51 heavy (non-hydrogen) atoms. The lowest BCUT2D eigenvalue weighted by Crippen LogP contribution is -2.01. The van der Waals surface area contributed by atoms with Gasteiger partial charge in [-0.1, -0.05) is 103 Å². The maximum absolute atomic E-state index is 6.56. The lowest BCUT2D eigenvalue weighted by molar-refractivity contribution is 0.669. The minimum absolute atomic E-state index is 0.592. The predicted molar refractivity (Wildman–Crippen MR) is 205 cm³/mol. The van der Waals surface area contributed by atoms with Gasteiger partial charge in [-0.15, -0.1) is 0 Å². The maximum Gasteiger partial charge on any atom is 0.164 e. The van der Waals surface area contributed by atoms with Crippen molar-refractivity contribution in [3.63, 3.8) is 0 Å². The van der Waals surface area contributed by atoms with Crippen LogP contribution in [-0.4, -0.2) is 19.5 Å². The largest absolute Gasteiger partial charge is 0.456 e. The third kappa shape index (κ3) is 4.20. The Kier molecular flexibility index (Phi) is 5.86. The van der Waals surface area contributed by atoms with Crippen molar-refractivity contribution in [3.8, 4) is 39.9 Å². The highest BCUT2D eigenvalue weighted by Gasteiger charge is 2.20. The highest BCUT2D eigenvalue weighted by molar-refractivity contribution is 6.21. The average molecular weight is 655 g/mol. The van der Waals surface area contributed by atoms with E-state index in [1.807, 2.05) is 72.8 Å². The number of rotatable bonds is 4. The van der Waals surface area contributed by atoms with Crippen LogP contribution in [0.2, 0.25) is 0 Å². The molecule has 7 aromatic carbocycles. The molecule has 0 saturated heterocycles. The summed E-state index contributed by atoms with van der Waals surface area (Å²) in [4.78, 5) is 15.2. The number of aromatic nitrogens is 4. The quantitative estimate of drug-likeness (QED) is 0.189. The van der Waals surface area contributed by atoms with Crippen LogP contribution >= 0.6 is 0 Å². The maximum atomic E-state index is 6.56. The molecule has 0 amide bonds. The Bertz CT molecular complexity index is 3140. The standard InChI is InChI=1S/C45H26N4O2/c1-2-11-27(12-3-1)43-46-44(48-45(47-43)35-16-10-20-39-40(35)34-15-6-9-19-38(34)50-39)28-21-23-29(24-22-28)49-36-17-7-4-13-30(36)32-25-26-33-31-14-5-8-18-37(31)51-42(33)41(32)49/h1-26H. The molecule has 0 aliphatic rings. The van der Waals surface area contributed by atoms with Crippen molar-refractivity contribution in [2.75, 3.05) is 0 Å². The molecule has 0 aliphatic carbocycles. The van der Waals surface area contributed by atoms with Crippen molar-refractivity contribution < 1.29 is 8.83 Å². The molecule has 0 fully saturated rings. The lowest BCUT2D eigenvalue weighted by atomic mass is 10.1. The fourth-order valence-electron chi connectivity index (χ4n) is 7.56. The first-order chi connectivity index (χ1) is 25.3. The van der Waals surface area contributed by atoms with Crippen molar-refractivity contribution in [3.05, 3.63) is 158 Å². The third-order valence-corrected chi connectivity index (χ3v) is 9.87. The van der Waals surface area contributed by atoms with E-state index in [4.69, 9.17) is 23.8 Å². The second-order valence-corrected chi connectivity index (χ2v) is 12.8. The Labute approximate surface area is 290 Å². The summed E-state index contributed by atoms with van der Waals surface area (Å²) in [6.07, 6.45) is 0. The third-order valence-electron chi connectivity index (χ3n) is 9.87. The van der Waals surface area contributed by atoms with Gasteiger partial charge in [0.05, 0.1) is 11.0 Å². The zero-order valence-electron chi connectivity index (χ0n) is 27.1. The van der Waals surface area contributed by atoms with E-state index in [9.17, 15) is 0 Å². The van der Waals surface area contributed by atoms with Crippen LogP contribution < -0.4 is 0 Å². The van der Waals surface area contributed by atoms with Crippen LogP contribution in [0.3, 0.4) is 0 Å². The van der Waals surface area contributed by atoms with Crippen LogP contribution in [0.4, 0.5) is 0 Å². The van der Waals surface area contributed by atoms with Crippen LogP contribution in [0.25, 0.3) is 106 Å². The minimum atomic E-state index is 0.592. The summed E-state index contributed by atoms with van der Waals surface area (Å²) >= 11 is 0. The van der Waals surface area contributed by atoms with E-state index in [1.54, 1.807) is 0 Å². The number of furan rings is 2. The molecule has 0 saturated carbocycles. The molecule has 0 bridgehead atoms. The molecule has 4 heterocycles. The average Bonchev–Trinajstić information content (AvgIpc) is 3.88. The first-order valence-electron chi connectivity index (χ1n) is 16.9. The summed E-state index contributed by atoms with van der Waals surface area (Å²) in [6, 6.07) is 53.8. The zero-order valence-corrected chi connectivity index (χ0v) is 27.1. The Hall–Kier alpha value is -7.05. The minimum Gasteiger partial charge on any atom is -0.456 e. The number of hydrogen-bond donors (Lipinski definition) is 0. The summed E-state index contributed by atoms with van der Waals surface area (Å²) in [7, 11) is 0. The molecular formula is C45H26N4O2. The van der Waals surface area contributed by atoms with Gasteiger partial charge in [0.15, 0.2) is 23.1 Å². The van der Waals surface area contributed by atoms with Crippen molar-refractivity contribution in [1.82, 2.24) is 19.5 Å². The fourth-order valence-corrected chi connectivity index (χ4v) is 7.56. The molecule has 11 aromatic rings. The van der Waals surface area contributed by atoms with Gasteiger partial charge in [0, 0.05) is 54.7 Å². The van der Waals surface area contributed by atoms with Crippen LogP contribution in [0, 0.1) is 0 Å². The Balaban J connectivity index is 1.11. The van der Waals surface area contributed by atoms with Crippen LogP contribution in [-0.2, 0) is 0 Å². The van der Waals surface area contributed by atoms with Gasteiger partial charge in [0.25, 0.3) is 0 Å². The molecule has 0 atom stereocenters. The highest BCUT2D eigenvalue weighted by Crippen LogP contribution is 2.41. The van der Waals surface area contributed by atoms with Gasteiger partial charge < -0.3 is 13.4 Å². The Morgan fingerprint density at radius 3 is 1.80 bits per heavy atom. The fraction of sp³-hybridized carbons (Fsp3) is 0. The number of nitrogens with zero attached hydrogens (tertiary/aromatic N) is 4. The van der Waals surface area contributed by atoms with Gasteiger partial charge in [-0.3, -0.25) is 0 Å². The summed E-state index contributed by atoms with van der Waals surface area (Å²) in [5.41, 5.74) is 9.27. The predicted octanol–water partition coefficient (Wildman–Crippen LogP) is 11.8. The number of hydrogen-bond acceptors (Lipinski definition) is 5. The molecule has 238 valence electrons. The summed E-state index contributed by atoms with van der Waals surface area (Å²) in [5, 5.41) is 6.56. The van der Waals surface area contributed by atoms with E-state index in [0.717, 1.165) is 82.7 Å². The second kappa shape index (κ2) is 10.7. The molecule has 6 nitrogen and oxygen atoms in total. The Morgan fingerprint density at radius 2 is 1.00 bits per heavy atom. The van der Waals surface area contributed by atoms with Gasteiger partial charge in [-0.2, -0.15) is 0 Å².